The third kappa shape index (κ3) is 2.87. The van der Waals surface area contributed by atoms with Gasteiger partial charge in [0.05, 0.1) is 0 Å². The van der Waals surface area contributed by atoms with E-state index in [1.807, 2.05) is 36.4 Å². The largest absolute Gasteiger partial charge is 0.455 e. The van der Waals surface area contributed by atoms with Crippen molar-refractivity contribution in [2.45, 2.75) is 0 Å². The van der Waals surface area contributed by atoms with Crippen LogP contribution in [0.1, 0.15) is 22.3 Å². The Morgan fingerprint density at radius 1 is 0.571 bits per heavy atom. The molecule has 0 aromatic heterocycles. The van der Waals surface area contributed by atoms with Crippen molar-refractivity contribution in [1.29, 1.82) is 0 Å². The predicted octanol–water partition coefficient (Wildman–Crippen LogP) is 6.05. The van der Waals surface area contributed by atoms with Crippen molar-refractivity contribution >= 4 is 24.3 Å². The van der Waals surface area contributed by atoms with Crippen LogP contribution >= 0.6 is 0 Å². The molecule has 0 aliphatic rings. The quantitative estimate of drug-likeness (QED) is 0.623. The van der Waals surface area contributed by atoms with Crippen LogP contribution in [0.25, 0.3) is 24.3 Å². The molecule has 0 heterocycles. The van der Waals surface area contributed by atoms with Crippen LogP contribution in [0.4, 0.5) is 0 Å². The molecule has 2 aromatic carbocycles. The van der Waals surface area contributed by atoms with Gasteiger partial charge >= 0.3 is 0 Å². The van der Waals surface area contributed by atoms with Crippen LogP contribution in [0.2, 0.25) is 0 Å². The lowest BCUT2D eigenvalue weighted by Gasteiger charge is -2.16. The lowest BCUT2D eigenvalue weighted by atomic mass is 10.1. The van der Waals surface area contributed by atoms with E-state index in [1.165, 1.54) is 0 Å². The van der Waals surface area contributed by atoms with Crippen LogP contribution in [-0.2, 0) is 0 Å². The molecule has 1 nitrogen and oxygen atoms in total. The maximum Gasteiger partial charge on any atom is 0.141 e. The normalized spacial score (nSPS) is 9.71. The van der Waals surface area contributed by atoms with Gasteiger partial charge in [0.15, 0.2) is 0 Å². The van der Waals surface area contributed by atoms with Gasteiger partial charge < -0.3 is 4.74 Å². The maximum absolute atomic E-state index is 6.18. The fourth-order valence-electron chi connectivity index (χ4n) is 2.13. The molecular formula is C20H18O. The molecule has 0 spiro atoms. The molecule has 0 atom stereocenters. The smallest absolute Gasteiger partial charge is 0.141 e. The highest BCUT2D eigenvalue weighted by Crippen LogP contribution is 2.35. The zero-order valence-corrected chi connectivity index (χ0v) is 12.0. The highest BCUT2D eigenvalue weighted by molar-refractivity contribution is 5.71. The summed E-state index contributed by atoms with van der Waals surface area (Å²) in [5.74, 6) is 1.47. The number of ether oxygens (including phenoxy) is 1. The Morgan fingerprint density at radius 3 is 1.10 bits per heavy atom. The predicted molar refractivity (Wildman–Crippen MR) is 93.3 cm³/mol. The van der Waals surface area contributed by atoms with Crippen molar-refractivity contribution in [3.63, 3.8) is 0 Å². The van der Waals surface area contributed by atoms with Crippen LogP contribution < -0.4 is 4.74 Å². The second-order valence-corrected chi connectivity index (χ2v) is 4.45. The van der Waals surface area contributed by atoms with Crippen molar-refractivity contribution < 1.29 is 4.74 Å². The van der Waals surface area contributed by atoms with Gasteiger partial charge in [0.25, 0.3) is 0 Å². The summed E-state index contributed by atoms with van der Waals surface area (Å²) >= 11 is 0. The van der Waals surface area contributed by atoms with Gasteiger partial charge in [0, 0.05) is 22.3 Å². The van der Waals surface area contributed by atoms with Gasteiger partial charge in [-0.25, -0.2) is 0 Å². The summed E-state index contributed by atoms with van der Waals surface area (Å²) in [6.07, 6.45) is 7.08. The minimum Gasteiger partial charge on any atom is -0.455 e. The Morgan fingerprint density at radius 2 is 0.857 bits per heavy atom. The monoisotopic (exact) mass is 274 g/mol. The fourth-order valence-corrected chi connectivity index (χ4v) is 2.13. The number of hydrogen-bond donors (Lipinski definition) is 0. The van der Waals surface area contributed by atoms with E-state index < -0.39 is 0 Å². The molecule has 0 saturated heterocycles. The summed E-state index contributed by atoms with van der Waals surface area (Å²) in [7, 11) is 0. The highest BCUT2D eigenvalue weighted by Gasteiger charge is 2.11. The standard InChI is InChI=1S/C20H18O/c1-5-15-11-9-12-16(6-2)19(15)21-20-17(7-3)13-10-14-18(20)8-4/h5-14H,1-4H2. The number of hydrogen-bond acceptors (Lipinski definition) is 1. The molecule has 21 heavy (non-hydrogen) atoms. The number of benzene rings is 2. The average Bonchev–Trinajstić information content (AvgIpc) is 2.55. The van der Waals surface area contributed by atoms with Gasteiger partial charge in [0.1, 0.15) is 11.5 Å². The van der Waals surface area contributed by atoms with Crippen molar-refractivity contribution in [2.75, 3.05) is 0 Å². The summed E-state index contributed by atoms with van der Waals surface area (Å²) in [4.78, 5) is 0. The second-order valence-electron chi connectivity index (χ2n) is 4.45. The van der Waals surface area contributed by atoms with Gasteiger partial charge in [-0.05, 0) is 0 Å². The van der Waals surface area contributed by atoms with Crippen molar-refractivity contribution in [3.8, 4) is 11.5 Å². The van der Waals surface area contributed by atoms with Crippen molar-refractivity contribution in [2.24, 2.45) is 0 Å². The minimum atomic E-state index is 0.736. The Kier molecular flexibility index (Phi) is 4.57. The lowest BCUT2D eigenvalue weighted by molar-refractivity contribution is 0.478. The van der Waals surface area contributed by atoms with Crippen LogP contribution in [0.3, 0.4) is 0 Å². The van der Waals surface area contributed by atoms with E-state index in [4.69, 9.17) is 4.74 Å². The summed E-state index contributed by atoms with van der Waals surface area (Å²) in [6, 6.07) is 11.7. The van der Waals surface area contributed by atoms with Gasteiger partial charge in [-0.15, -0.1) is 0 Å². The minimum absolute atomic E-state index is 0.736. The first-order valence-corrected chi connectivity index (χ1v) is 6.68. The lowest BCUT2D eigenvalue weighted by Crippen LogP contribution is -1.95. The molecule has 0 aliphatic carbocycles. The van der Waals surface area contributed by atoms with Gasteiger partial charge in [0.2, 0.25) is 0 Å². The summed E-state index contributed by atoms with van der Waals surface area (Å²) in [6.45, 7) is 15.4. The van der Waals surface area contributed by atoms with Crippen molar-refractivity contribution in [3.05, 3.63) is 85.0 Å². The molecule has 0 radical (unpaired) electrons. The SMILES string of the molecule is C=Cc1cccc(C=C)c1Oc1c(C=C)cccc1C=C. The molecule has 1 heteroatoms. The van der Waals surface area contributed by atoms with E-state index in [0.29, 0.717) is 0 Å². The second kappa shape index (κ2) is 6.58. The molecule has 104 valence electrons. The van der Waals surface area contributed by atoms with E-state index in [0.717, 1.165) is 33.8 Å². The van der Waals surface area contributed by atoms with E-state index >= 15 is 0 Å². The average molecular weight is 274 g/mol. The molecule has 0 N–H and O–H groups in total. The molecule has 0 fully saturated rings. The molecule has 2 aromatic rings. The van der Waals surface area contributed by atoms with Crippen molar-refractivity contribution in [1.82, 2.24) is 0 Å². The Bertz CT molecular complexity index is 594. The fraction of sp³-hybridized carbons (Fsp3) is 0. The molecule has 0 unspecified atom stereocenters. The first-order chi connectivity index (χ1) is 10.2. The van der Waals surface area contributed by atoms with Crippen LogP contribution in [0.15, 0.2) is 62.7 Å². The van der Waals surface area contributed by atoms with Gasteiger partial charge in [-0.3, -0.25) is 0 Å². The maximum atomic E-state index is 6.18. The van der Waals surface area contributed by atoms with E-state index in [9.17, 15) is 0 Å². The molecule has 0 bridgehead atoms. The van der Waals surface area contributed by atoms with Crippen LogP contribution in [-0.4, -0.2) is 0 Å². The van der Waals surface area contributed by atoms with Crippen LogP contribution in [0.5, 0.6) is 11.5 Å². The van der Waals surface area contributed by atoms with E-state index in [2.05, 4.69) is 26.3 Å². The molecule has 2 rings (SSSR count). The van der Waals surface area contributed by atoms with Gasteiger partial charge in [-0.2, -0.15) is 0 Å². The Labute approximate surface area is 126 Å². The Balaban J connectivity index is 2.62. The first-order valence-electron chi connectivity index (χ1n) is 6.68. The molecule has 0 saturated carbocycles. The summed E-state index contributed by atoms with van der Waals surface area (Å²) < 4.78 is 6.18. The zero-order valence-electron chi connectivity index (χ0n) is 12.0. The first kappa shape index (κ1) is 14.6. The third-order valence-corrected chi connectivity index (χ3v) is 3.24. The van der Waals surface area contributed by atoms with Gasteiger partial charge in [-0.1, -0.05) is 87.0 Å². The van der Waals surface area contributed by atoms with Crippen LogP contribution in [0, 0.1) is 0 Å². The summed E-state index contributed by atoms with van der Waals surface area (Å²) in [5.41, 5.74) is 3.67. The number of rotatable bonds is 6. The zero-order chi connectivity index (χ0) is 15.2. The topological polar surface area (TPSA) is 9.23 Å². The van der Waals surface area contributed by atoms with E-state index in [1.54, 1.807) is 24.3 Å². The Hall–Kier alpha value is -2.80. The van der Waals surface area contributed by atoms with E-state index in [-0.39, 0.29) is 0 Å². The third-order valence-electron chi connectivity index (χ3n) is 3.24. The molecule has 0 aliphatic heterocycles. The highest BCUT2D eigenvalue weighted by atomic mass is 16.5. The molecule has 0 amide bonds. The number of para-hydroxylation sites is 2. The molecular weight excluding hydrogens is 256 g/mol. The summed E-state index contributed by atoms with van der Waals surface area (Å²) in [5, 5.41) is 0.